The number of anilines is 2. The van der Waals surface area contributed by atoms with Gasteiger partial charge in [0.2, 0.25) is 11.9 Å². The highest BCUT2D eigenvalue weighted by atomic mass is 15.4. The summed E-state index contributed by atoms with van der Waals surface area (Å²) in [5.41, 5.74) is 5.80. The first kappa shape index (κ1) is 15.1. The predicted molar refractivity (Wildman–Crippen MR) is 80.2 cm³/mol. The van der Waals surface area contributed by atoms with Crippen molar-refractivity contribution in [1.29, 1.82) is 0 Å². The maximum absolute atomic E-state index is 5.80. The Hall–Kier alpha value is -2.29. The molecule has 0 fully saturated rings. The van der Waals surface area contributed by atoms with Gasteiger partial charge in [0.25, 0.3) is 5.95 Å². The van der Waals surface area contributed by atoms with Crippen LogP contribution in [0.25, 0.3) is 5.95 Å². The second-order valence-corrected chi connectivity index (χ2v) is 5.03. The van der Waals surface area contributed by atoms with Gasteiger partial charge < -0.3 is 15.5 Å². The molecule has 0 aliphatic carbocycles. The minimum absolute atomic E-state index is 0.168. The number of hydrogen-bond acceptors (Lipinski definition) is 8. The standard InChI is InChI=1S/C12H21N9/c1-5-20(9(2)6-19(3)4)11-16-10(13)17-12(18-11)21-8-14-7-15-21/h7-9H,5-6H2,1-4H3,(H2,13,16,17,18). The van der Waals surface area contributed by atoms with Crippen molar-refractivity contribution >= 4 is 11.9 Å². The number of nitrogens with two attached hydrogens (primary N) is 1. The first-order valence-electron chi connectivity index (χ1n) is 6.79. The summed E-state index contributed by atoms with van der Waals surface area (Å²) >= 11 is 0. The Labute approximate surface area is 123 Å². The third-order valence-corrected chi connectivity index (χ3v) is 3.01. The van der Waals surface area contributed by atoms with E-state index in [4.69, 9.17) is 5.73 Å². The molecule has 0 radical (unpaired) electrons. The van der Waals surface area contributed by atoms with Gasteiger partial charge in [0.1, 0.15) is 12.7 Å². The van der Waals surface area contributed by atoms with Crippen molar-refractivity contribution in [2.45, 2.75) is 19.9 Å². The van der Waals surface area contributed by atoms with Gasteiger partial charge in [0, 0.05) is 19.1 Å². The summed E-state index contributed by atoms with van der Waals surface area (Å²) in [6.07, 6.45) is 2.95. The van der Waals surface area contributed by atoms with Crippen molar-refractivity contribution in [2.24, 2.45) is 0 Å². The molecule has 0 bridgehead atoms. The molecular formula is C12H21N9. The van der Waals surface area contributed by atoms with Gasteiger partial charge in [-0.1, -0.05) is 0 Å². The molecule has 2 heterocycles. The molecule has 114 valence electrons. The molecule has 1 unspecified atom stereocenters. The zero-order chi connectivity index (χ0) is 15.4. The van der Waals surface area contributed by atoms with Gasteiger partial charge in [-0.25, -0.2) is 4.98 Å². The lowest BCUT2D eigenvalue weighted by Gasteiger charge is -2.30. The molecule has 9 heteroatoms. The van der Waals surface area contributed by atoms with E-state index in [-0.39, 0.29) is 12.0 Å². The van der Waals surface area contributed by atoms with Crippen molar-refractivity contribution in [1.82, 2.24) is 34.6 Å². The first-order valence-corrected chi connectivity index (χ1v) is 6.79. The number of rotatable bonds is 6. The maximum Gasteiger partial charge on any atom is 0.258 e. The molecule has 9 nitrogen and oxygen atoms in total. The lowest BCUT2D eigenvalue weighted by molar-refractivity contribution is 0.371. The highest BCUT2D eigenvalue weighted by molar-refractivity contribution is 5.38. The highest BCUT2D eigenvalue weighted by Gasteiger charge is 2.18. The van der Waals surface area contributed by atoms with E-state index in [0.717, 1.165) is 13.1 Å². The molecule has 0 saturated carbocycles. The quantitative estimate of drug-likeness (QED) is 0.781. The van der Waals surface area contributed by atoms with Gasteiger partial charge in [0.15, 0.2) is 0 Å². The normalized spacial score (nSPS) is 12.6. The van der Waals surface area contributed by atoms with Crippen molar-refractivity contribution in [2.75, 3.05) is 37.8 Å². The fraction of sp³-hybridized carbons (Fsp3) is 0.583. The van der Waals surface area contributed by atoms with Gasteiger partial charge in [-0.05, 0) is 27.9 Å². The summed E-state index contributed by atoms with van der Waals surface area (Å²) in [6.45, 7) is 5.84. The molecule has 0 saturated heterocycles. The first-order chi connectivity index (χ1) is 10.0. The lowest BCUT2D eigenvalue weighted by Crippen LogP contribution is -2.41. The van der Waals surface area contributed by atoms with E-state index < -0.39 is 0 Å². The Morgan fingerprint density at radius 3 is 2.62 bits per heavy atom. The van der Waals surface area contributed by atoms with E-state index in [1.54, 1.807) is 0 Å². The second kappa shape index (κ2) is 6.44. The molecule has 0 aliphatic rings. The Morgan fingerprint density at radius 2 is 2.05 bits per heavy atom. The predicted octanol–water partition coefficient (Wildman–Crippen LogP) is -0.189. The topological polar surface area (TPSA) is 102 Å². The van der Waals surface area contributed by atoms with Crippen LogP contribution in [0, 0.1) is 0 Å². The average Bonchev–Trinajstić information content (AvgIpc) is 2.91. The van der Waals surface area contributed by atoms with Crippen LogP contribution < -0.4 is 10.6 Å². The highest BCUT2D eigenvalue weighted by Crippen LogP contribution is 2.14. The smallest absolute Gasteiger partial charge is 0.258 e. The minimum Gasteiger partial charge on any atom is -0.368 e. The molecule has 0 aromatic carbocycles. The monoisotopic (exact) mass is 291 g/mol. The largest absolute Gasteiger partial charge is 0.368 e. The van der Waals surface area contributed by atoms with Crippen molar-refractivity contribution in [3.05, 3.63) is 12.7 Å². The molecule has 2 aromatic rings. The SMILES string of the molecule is CCN(c1nc(N)nc(-n2cncn2)n1)C(C)CN(C)C. The Balaban J connectivity index is 2.33. The minimum atomic E-state index is 0.168. The average molecular weight is 291 g/mol. The Morgan fingerprint density at radius 1 is 1.29 bits per heavy atom. The van der Waals surface area contributed by atoms with Crippen molar-refractivity contribution in [3.8, 4) is 5.95 Å². The van der Waals surface area contributed by atoms with E-state index >= 15 is 0 Å². The molecule has 2 rings (SSSR count). The van der Waals surface area contributed by atoms with Gasteiger partial charge >= 0.3 is 0 Å². The molecule has 21 heavy (non-hydrogen) atoms. The van der Waals surface area contributed by atoms with Gasteiger partial charge in [0.05, 0.1) is 0 Å². The number of aromatic nitrogens is 6. The number of nitrogens with zero attached hydrogens (tertiary/aromatic N) is 8. The van der Waals surface area contributed by atoms with Gasteiger partial charge in [-0.2, -0.15) is 24.7 Å². The molecule has 2 aromatic heterocycles. The number of nitrogen functional groups attached to an aromatic ring is 1. The van der Waals surface area contributed by atoms with Gasteiger partial charge in [-0.15, -0.1) is 0 Å². The summed E-state index contributed by atoms with van der Waals surface area (Å²) < 4.78 is 1.46. The van der Waals surface area contributed by atoms with Crippen LogP contribution in [-0.2, 0) is 0 Å². The van der Waals surface area contributed by atoms with E-state index in [1.165, 1.54) is 17.3 Å². The molecule has 1 atom stereocenters. The molecule has 0 spiro atoms. The summed E-state index contributed by atoms with van der Waals surface area (Å²) in [4.78, 5) is 20.9. The summed E-state index contributed by atoms with van der Waals surface area (Å²) in [5, 5.41) is 4.02. The zero-order valence-corrected chi connectivity index (χ0v) is 12.8. The Bertz CT molecular complexity index is 566. The van der Waals surface area contributed by atoms with Crippen LogP contribution in [0.3, 0.4) is 0 Å². The van der Waals surface area contributed by atoms with E-state index in [0.29, 0.717) is 11.9 Å². The van der Waals surface area contributed by atoms with E-state index in [2.05, 4.69) is 48.7 Å². The Kier molecular flexibility index (Phi) is 4.63. The summed E-state index contributed by atoms with van der Waals surface area (Å²) in [6, 6.07) is 0.246. The lowest BCUT2D eigenvalue weighted by atomic mass is 10.3. The van der Waals surface area contributed by atoms with Crippen LogP contribution in [0.4, 0.5) is 11.9 Å². The third kappa shape index (κ3) is 3.63. The van der Waals surface area contributed by atoms with Crippen LogP contribution in [0.1, 0.15) is 13.8 Å². The van der Waals surface area contributed by atoms with E-state index in [1.807, 2.05) is 14.1 Å². The number of hydrogen-bond donors (Lipinski definition) is 1. The summed E-state index contributed by atoms with van der Waals surface area (Å²) in [7, 11) is 4.07. The molecular weight excluding hydrogens is 270 g/mol. The molecule has 2 N–H and O–H groups in total. The van der Waals surface area contributed by atoms with Gasteiger partial charge in [-0.3, -0.25) is 0 Å². The zero-order valence-electron chi connectivity index (χ0n) is 12.8. The summed E-state index contributed by atoms with van der Waals surface area (Å²) in [5.74, 6) is 1.08. The second-order valence-electron chi connectivity index (χ2n) is 5.03. The molecule has 0 amide bonds. The van der Waals surface area contributed by atoms with Crippen molar-refractivity contribution in [3.63, 3.8) is 0 Å². The van der Waals surface area contributed by atoms with Crippen LogP contribution in [-0.4, -0.2) is 67.8 Å². The fourth-order valence-corrected chi connectivity index (χ4v) is 2.19. The maximum atomic E-state index is 5.80. The van der Waals surface area contributed by atoms with Crippen LogP contribution in [0.2, 0.25) is 0 Å². The molecule has 0 aliphatic heterocycles. The van der Waals surface area contributed by atoms with Crippen molar-refractivity contribution < 1.29 is 0 Å². The van der Waals surface area contributed by atoms with Crippen LogP contribution >= 0.6 is 0 Å². The van der Waals surface area contributed by atoms with E-state index in [9.17, 15) is 0 Å². The number of likely N-dealkylation sites (N-methyl/N-ethyl adjacent to an activating group) is 2. The fourth-order valence-electron chi connectivity index (χ4n) is 2.19. The third-order valence-electron chi connectivity index (χ3n) is 3.01. The van der Waals surface area contributed by atoms with Crippen LogP contribution in [0.15, 0.2) is 12.7 Å². The van der Waals surface area contributed by atoms with Crippen LogP contribution in [0.5, 0.6) is 0 Å².